The molecular weight excluding hydrogens is 389 g/mol. The summed E-state index contributed by atoms with van der Waals surface area (Å²) in [4.78, 5) is 4.80. The Morgan fingerprint density at radius 3 is 2.07 bits per heavy atom. The van der Waals surface area contributed by atoms with Gasteiger partial charge in [0, 0.05) is 40.5 Å². The van der Waals surface area contributed by atoms with Gasteiger partial charge >= 0.3 is 0 Å². The quantitative estimate of drug-likeness (QED) is 0.197. The lowest BCUT2D eigenvalue weighted by Crippen LogP contribution is -2.03. The number of nitrogens with one attached hydrogen (secondary N) is 2. The van der Waals surface area contributed by atoms with Crippen molar-refractivity contribution >= 4 is 62.1 Å². The minimum absolute atomic E-state index is 0.456. The van der Waals surface area contributed by atoms with Gasteiger partial charge in [-0.15, -0.1) is 23.2 Å². The SMILES string of the molecule is ClCCCNc1cc(CCl)cc(Nc2c3ccccc3nc3ccccc23)c1. The van der Waals surface area contributed by atoms with Crippen LogP contribution in [0.4, 0.5) is 17.1 Å². The molecule has 0 radical (unpaired) electrons. The molecule has 2 N–H and O–H groups in total. The third-order valence-corrected chi connectivity index (χ3v) is 5.22. The summed E-state index contributed by atoms with van der Waals surface area (Å²) in [6.07, 6.45) is 0.912. The van der Waals surface area contributed by atoms with E-state index in [1.165, 1.54) is 0 Å². The number of nitrogens with zero attached hydrogens (tertiary/aromatic N) is 1. The number of anilines is 3. The molecule has 0 unspecified atom stereocenters. The molecule has 0 saturated heterocycles. The maximum Gasteiger partial charge on any atom is 0.0730 e. The van der Waals surface area contributed by atoms with Crippen molar-refractivity contribution in [1.82, 2.24) is 4.98 Å². The Hall–Kier alpha value is -2.49. The molecule has 3 aromatic carbocycles. The number of rotatable bonds is 7. The Morgan fingerprint density at radius 1 is 0.786 bits per heavy atom. The number of halogens is 2. The summed E-state index contributed by atoms with van der Waals surface area (Å²) in [5.74, 6) is 1.10. The molecule has 0 aliphatic carbocycles. The van der Waals surface area contributed by atoms with E-state index in [-0.39, 0.29) is 0 Å². The van der Waals surface area contributed by atoms with Crippen molar-refractivity contribution in [3.05, 3.63) is 72.3 Å². The van der Waals surface area contributed by atoms with Crippen molar-refractivity contribution < 1.29 is 0 Å². The van der Waals surface area contributed by atoms with Crippen LogP contribution in [0, 0.1) is 0 Å². The number of hydrogen-bond donors (Lipinski definition) is 2. The third-order valence-electron chi connectivity index (χ3n) is 4.64. The van der Waals surface area contributed by atoms with Gasteiger partial charge in [0.15, 0.2) is 0 Å². The Kier molecular flexibility index (Phi) is 5.84. The fourth-order valence-corrected chi connectivity index (χ4v) is 3.65. The molecule has 0 saturated carbocycles. The van der Waals surface area contributed by atoms with Crippen molar-refractivity contribution in [3.8, 4) is 0 Å². The predicted molar refractivity (Wildman–Crippen MR) is 122 cm³/mol. The molecule has 0 aliphatic rings. The minimum atomic E-state index is 0.456. The van der Waals surface area contributed by atoms with Crippen molar-refractivity contribution in [2.75, 3.05) is 23.1 Å². The maximum atomic E-state index is 6.14. The lowest BCUT2D eigenvalue weighted by atomic mass is 10.1. The second-order valence-corrected chi connectivity index (χ2v) is 7.31. The highest BCUT2D eigenvalue weighted by Crippen LogP contribution is 2.34. The van der Waals surface area contributed by atoms with Crippen molar-refractivity contribution in [1.29, 1.82) is 0 Å². The van der Waals surface area contributed by atoms with Crippen LogP contribution in [0.2, 0.25) is 0 Å². The van der Waals surface area contributed by atoms with Crippen molar-refractivity contribution in [3.63, 3.8) is 0 Å². The molecule has 142 valence electrons. The molecule has 28 heavy (non-hydrogen) atoms. The van der Waals surface area contributed by atoms with Crippen LogP contribution in [0.25, 0.3) is 21.8 Å². The normalized spacial score (nSPS) is 11.1. The van der Waals surface area contributed by atoms with Crippen LogP contribution in [0.5, 0.6) is 0 Å². The third kappa shape index (κ3) is 4.01. The van der Waals surface area contributed by atoms with Crippen LogP contribution in [0.1, 0.15) is 12.0 Å². The molecule has 0 spiro atoms. The van der Waals surface area contributed by atoms with Crippen LogP contribution in [0.3, 0.4) is 0 Å². The summed E-state index contributed by atoms with van der Waals surface area (Å²) in [6.45, 7) is 0.829. The first-order valence-electron chi connectivity index (χ1n) is 9.33. The Morgan fingerprint density at radius 2 is 1.43 bits per heavy atom. The summed E-state index contributed by atoms with van der Waals surface area (Å²) < 4.78 is 0. The van der Waals surface area contributed by atoms with Crippen LogP contribution in [-0.4, -0.2) is 17.4 Å². The van der Waals surface area contributed by atoms with Crippen LogP contribution in [0.15, 0.2) is 66.7 Å². The Balaban J connectivity index is 1.79. The molecule has 0 bridgehead atoms. The first-order valence-corrected chi connectivity index (χ1v) is 10.4. The largest absolute Gasteiger partial charge is 0.385 e. The van der Waals surface area contributed by atoms with E-state index in [0.29, 0.717) is 11.8 Å². The zero-order valence-corrected chi connectivity index (χ0v) is 16.9. The van der Waals surface area contributed by atoms with Crippen molar-refractivity contribution in [2.45, 2.75) is 12.3 Å². The highest BCUT2D eigenvalue weighted by atomic mass is 35.5. The fraction of sp³-hybridized carbons (Fsp3) is 0.174. The number of aromatic nitrogens is 1. The Bertz CT molecular complexity index is 1060. The molecule has 4 rings (SSSR count). The lowest BCUT2D eigenvalue weighted by molar-refractivity contribution is 0.986. The summed E-state index contributed by atoms with van der Waals surface area (Å²) in [7, 11) is 0. The van der Waals surface area contributed by atoms with Gasteiger partial charge in [-0.1, -0.05) is 36.4 Å². The molecule has 4 aromatic rings. The standard InChI is InChI=1S/C23H21Cl2N3/c24-10-5-11-26-17-12-16(15-25)13-18(14-17)27-23-19-6-1-3-8-21(19)28-22-9-4-2-7-20(22)23/h1-4,6-9,12-14,26H,5,10-11,15H2,(H,27,28). The molecule has 1 aromatic heterocycles. The van der Waals surface area contributed by atoms with Gasteiger partial charge in [-0.25, -0.2) is 4.98 Å². The van der Waals surface area contributed by atoms with E-state index in [2.05, 4.69) is 41.0 Å². The summed E-state index contributed by atoms with van der Waals surface area (Å²) in [5, 5.41) is 9.24. The average Bonchev–Trinajstić information content (AvgIpc) is 2.73. The predicted octanol–water partition coefficient (Wildman–Crippen LogP) is 6.91. The lowest BCUT2D eigenvalue weighted by Gasteiger charge is -2.16. The molecule has 0 amide bonds. The van der Waals surface area contributed by atoms with E-state index in [4.69, 9.17) is 28.2 Å². The zero-order valence-electron chi connectivity index (χ0n) is 15.4. The first-order chi connectivity index (χ1) is 13.8. The molecule has 0 atom stereocenters. The molecule has 1 heterocycles. The number of benzene rings is 3. The van der Waals surface area contributed by atoms with Gasteiger partial charge in [-0.2, -0.15) is 0 Å². The highest BCUT2D eigenvalue weighted by Gasteiger charge is 2.10. The van der Waals surface area contributed by atoms with Gasteiger partial charge in [-0.05, 0) is 42.3 Å². The summed E-state index contributed by atoms with van der Waals surface area (Å²) in [5.41, 5.74) is 6.08. The van der Waals surface area contributed by atoms with E-state index < -0.39 is 0 Å². The molecule has 0 fully saturated rings. The van der Waals surface area contributed by atoms with E-state index in [9.17, 15) is 0 Å². The number of pyridine rings is 1. The molecule has 3 nitrogen and oxygen atoms in total. The van der Waals surface area contributed by atoms with Crippen LogP contribution < -0.4 is 10.6 Å². The highest BCUT2D eigenvalue weighted by molar-refractivity contribution is 6.18. The minimum Gasteiger partial charge on any atom is -0.385 e. The Labute approximate surface area is 174 Å². The number of para-hydroxylation sites is 2. The average molecular weight is 410 g/mol. The van der Waals surface area contributed by atoms with Crippen LogP contribution >= 0.6 is 23.2 Å². The van der Waals surface area contributed by atoms with Gasteiger partial charge in [0.2, 0.25) is 0 Å². The van der Waals surface area contributed by atoms with E-state index in [1.54, 1.807) is 0 Å². The molecular formula is C23H21Cl2N3. The van der Waals surface area contributed by atoms with Gasteiger partial charge in [-0.3, -0.25) is 0 Å². The summed E-state index contributed by atoms with van der Waals surface area (Å²) in [6, 6.07) is 22.7. The van der Waals surface area contributed by atoms with Gasteiger partial charge in [0.1, 0.15) is 0 Å². The monoisotopic (exact) mass is 409 g/mol. The first kappa shape index (κ1) is 18.9. The second kappa shape index (κ2) is 8.68. The van der Waals surface area contributed by atoms with E-state index in [1.807, 2.05) is 36.4 Å². The van der Waals surface area contributed by atoms with E-state index >= 15 is 0 Å². The smallest absolute Gasteiger partial charge is 0.0730 e. The van der Waals surface area contributed by atoms with E-state index in [0.717, 1.165) is 57.4 Å². The second-order valence-electron chi connectivity index (χ2n) is 6.67. The van der Waals surface area contributed by atoms with Gasteiger partial charge in [0.25, 0.3) is 0 Å². The summed E-state index contributed by atoms with van der Waals surface area (Å²) >= 11 is 11.9. The topological polar surface area (TPSA) is 37.0 Å². The number of alkyl halides is 2. The fourth-order valence-electron chi connectivity index (χ4n) is 3.36. The van der Waals surface area contributed by atoms with Gasteiger partial charge < -0.3 is 10.6 Å². The van der Waals surface area contributed by atoms with Crippen molar-refractivity contribution in [2.24, 2.45) is 0 Å². The van der Waals surface area contributed by atoms with Gasteiger partial charge in [0.05, 0.1) is 16.7 Å². The maximum absolute atomic E-state index is 6.14. The molecule has 5 heteroatoms. The zero-order chi connectivity index (χ0) is 19.3. The van der Waals surface area contributed by atoms with Crippen LogP contribution in [-0.2, 0) is 5.88 Å². The number of fused-ring (bicyclic) bond motifs is 2. The number of hydrogen-bond acceptors (Lipinski definition) is 3. The molecule has 0 aliphatic heterocycles.